The molecule has 0 bridgehead atoms. The minimum Gasteiger partial charge on any atom is -0.345 e. The van der Waals surface area contributed by atoms with Gasteiger partial charge in [-0.05, 0) is 25.7 Å². The van der Waals surface area contributed by atoms with Crippen LogP contribution in [0.1, 0.15) is 25.7 Å². The molecular weight excluding hydrogens is 363 g/mol. The molecular formula is C14H22F3N3O4S. The second kappa shape index (κ2) is 7.48. The van der Waals surface area contributed by atoms with E-state index in [0.717, 1.165) is 6.26 Å². The average Bonchev–Trinajstić information content (AvgIpc) is 3.00. The van der Waals surface area contributed by atoms with Crippen molar-refractivity contribution in [3.05, 3.63) is 0 Å². The van der Waals surface area contributed by atoms with Gasteiger partial charge >= 0.3 is 6.18 Å². The highest BCUT2D eigenvalue weighted by molar-refractivity contribution is 7.88. The van der Waals surface area contributed by atoms with Crippen LogP contribution in [0.5, 0.6) is 0 Å². The van der Waals surface area contributed by atoms with Crippen molar-refractivity contribution in [1.82, 2.24) is 14.5 Å². The summed E-state index contributed by atoms with van der Waals surface area (Å²) in [6.07, 6.45) is -1.58. The van der Waals surface area contributed by atoms with Gasteiger partial charge in [-0.2, -0.15) is 13.2 Å². The lowest BCUT2D eigenvalue weighted by atomic mass is 9.97. The number of nitrogens with zero attached hydrogens (tertiary/aromatic N) is 2. The number of amides is 2. The fraction of sp³-hybridized carbons (Fsp3) is 0.857. The number of carbonyl (C=O) groups is 2. The van der Waals surface area contributed by atoms with Crippen LogP contribution in [0.25, 0.3) is 0 Å². The first-order valence-electron chi connectivity index (χ1n) is 8.09. The number of piperidine rings is 1. The van der Waals surface area contributed by atoms with Crippen molar-refractivity contribution in [3.8, 4) is 0 Å². The van der Waals surface area contributed by atoms with Gasteiger partial charge in [0.1, 0.15) is 12.6 Å². The maximum absolute atomic E-state index is 12.7. The number of rotatable bonds is 4. The molecule has 0 aromatic carbocycles. The Hall–Kier alpha value is -1.36. The molecule has 1 N–H and O–H groups in total. The Balaban J connectivity index is 2.01. The van der Waals surface area contributed by atoms with Crippen LogP contribution in [0, 0.1) is 5.92 Å². The molecule has 11 heteroatoms. The first-order chi connectivity index (χ1) is 11.5. The molecule has 2 fully saturated rings. The number of hydrogen-bond donors (Lipinski definition) is 1. The first-order valence-corrected chi connectivity index (χ1v) is 9.94. The van der Waals surface area contributed by atoms with Gasteiger partial charge in [0.2, 0.25) is 21.8 Å². The van der Waals surface area contributed by atoms with Crippen molar-refractivity contribution in [2.75, 3.05) is 32.4 Å². The van der Waals surface area contributed by atoms with Gasteiger partial charge in [-0.3, -0.25) is 9.59 Å². The van der Waals surface area contributed by atoms with E-state index in [-0.39, 0.29) is 19.0 Å². The Morgan fingerprint density at radius 2 is 1.80 bits per heavy atom. The summed E-state index contributed by atoms with van der Waals surface area (Å²) < 4.78 is 61.3. The maximum Gasteiger partial charge on any atom is 0.405 e. The van der Waals surface area contributed by atoms with Gasteiger partial charge in [0, 0.05) is 19.6 Å². The van der Waals surface area contributed by atoms with E-state index in [1.165, 1.54) is 9.21 Å². The average molecular weight is 385 g/mol. The van der Waals surface area contributed by atoms with Crippen LogP contribution in [0.15, 0.2) is 0 Å². The Morgan fingerprint density at radius 3 is 2.40 bits per heavy atom. The van der Waals surface area contributed by atoms with Crippen molar-refractivity contribution >= 4 is 21.8 Å². The van der Waals surface area contributed by atoms with Gasteiger partial charge in [0.15, 0.2) is 0 Å². The first kappa shape index (κ1) is 20.0. The molecule has 144 valence electrons. The Labute approximate surface area is 144 Å². The predicted octanol–water partition coefficient (Wildman–Crippen LogP) is 0.328. The lowest BCUT2D eigenvalue weighted by Gasteiger charge is -2.34. The summed E-state index contributed by atoms with van der Waals surface area (Å²) in [5.41, 5.74) is 0. The molecule has 7 nitrogen and oxygen atoms in total. The van der Waals surface area contributed by atoms with Crippen LogP contribution < -0.4 is 5.32 Å². The fourth-order valence-electron chi connectivity index (χ4n) is 3.29. The fourth-order valence-corrected chi connectivity index (χ4v) is 4.20. The number of alkyl halides is 3. The van der Waals surface area contributed by atoms with Crippen LogP contribution in [0.4, 0.5) is 13.2 Å². The summed E-state index contributed by atoms with van der Waals surface area (Å²) >= 11 is 0. The molecule has 2 rings (SSSR count). The minimum absolute atomic E-state index is 0.0467. The van der Waals surface area contributed by atoms with Crippen LogP contribution >= 0.6 is 0 Å². The zero-order chi connectivity index (χ0) is 18.8. The predicted molar refractivity (Wildman–Crippen MR) is 82.9 cm³/mol. The number of sulfonamides is 1. The highest BCUT2D eigenvalue weighted by Crippen LogP contribution is 2.26. The van der Waals surface area contributed by atoms with E-state index < -0.39 is 40.6 Å². The third kappa shape index (κ3) is 5.30. The Bertz CT molecular complexity index is 623. The van der Waals surface area contributed by atoms with E-state index >= 15 is 0 Å². The Morgan fingerprint density at radius 1 is 1.16 bits per heavy atom. The van der Waals surface area contributed by atoms with Crippen LogP contribution in [0.3, 0.4) is 0 Å². The SMILES string of the molecule is CS(=O)(=O)N1CCCC(C(=O)N2CCCC2C(=O)NCC(F)(F)F)C1. The number of hydrogen-bond acceptors (Lipinski definition) is 4. The molecule has 2 unspecified atom stereocenters. The third-order valence-electron chi connectivity index (χ3n) is 4.50. The molecule has 2 heterocycles. The summed E-state index contributed by atoms with van der Waals surface area (Å²) in [4.78, 5) is 26.0. The van der Waals surface area contributed by atoms with Crippen molar-refractivity contribution in [3.63, 3.8) is 0 Å². The molecule has 2 aliphatic heterocycles. The van der Waals surface area contributed by atoms with E-state index in [4.69, 9.17) is 0 Å². The summed E-state index contributed by atoms with van der Waals surface area (Å²) in [5.74, 6) is -1.75. The zero-order valence-electron chi connectivity index (χ0n) is 13.9. The topological polar surface area (TPSA) is 86.8 Å². The number of carbonyl (C=O) groups excluding carboxylic acids is 2. The van der Waals surface area contributed by atoms with Crippen LogP contribution in [-0.2, 0) is 19.6 Å². The molecule has 2 amide bonds. The van der Waals surface area contributed by atoms with Crippen LogP contribution in [0.2, 0.25) is 0 Å². The molecule has 0 aliphatic carbocycles. The molecule has 0 spiro atoms. The van der Waals surface area contributed by atoms with Gasteiger partial charge in [0.25, 0.3) is 0 Å². The summed E-state index contributed by atoms with van der Waals surface area (Å²) in [5, 5.41) is 1.82. The molecule has 0 radical (unpaired) electrons. The molecule has 2 saturated heterocycles. The van der Waals surface area contributed by atoms with E-state index in [9.17, 15) is 31.2 Å². The highest BCUT2D eigenvalue weighted by atomic mass is 32.2. The van der Waals surface area contributed by atoms with Gasteiger partial charge in [-0.1, -0.05) is 0 Å². The summed E-state index contributed by atoms with van der Waals surface area (Å²) in [6, 6.07) is -0.927. The second-order valence-electron chi connectivity index (χ2n) is 6.48. The molecule has 25 heavy (non-hydrogen) atoms. The third-order valence-corrected chi connectivity index (χ3v) is 5.77. The van der Waals surface area contributed by atoms with Crippen LogP contribution in [-0.4, -0.2) is 74.1 Å². The molecule has 0 aromatic rings. The van der Waals surface area contributed by atoms with E-state index in [1.807, 2.05) is 5.32 Å². The minimum atomic E-state index is -4.51. The number of likely N-dealkylation sites (tertiary alicyclic amines) is 1. The highest BCUT2D eigenvalue weighted by Gasteiger charge is 2.40. The lowest BCUT2D eigenvalue weighted by molar-refractivity contribution is -0.146. The maximum atomic E-state index is 12.7. The quantitative estimate of drug-likeness (QED) is 0.756. The molecule has 0 saturated carbocycles. The van der Waals surface area contributed by atoms with E-state index in [1.54, 1.807) is 0 Å². The smallest absolute Gasteiger partial charge is 0.345 e. The van der Waals surface area contributed by atoms with Gasteiger partial charge < -0.3 is 10.2 Å². The van der Waals surface area contributed by atoms with Crippen molar-refractivity contribution in [2.24, 2.45) is 5.92 Å². The van der Waals surface area contributed by atoms with E-state index in [0.29, 0.717) is 32.2 Å². The number of nitrogens with one attached hydrogen (secondary N) is 1. The Kier molecular flexibility index (Phi) is 5.97. The van der Waals surface area contributed by atoms with Crippen molar-refractivity contribution in [2.45, 2.75) is 37.9 Å². The number of halogens is 3. The normalized spacial score (nSPS) is 25.8. The lowest BCUT2D eigenvalue weighted by Crippen LogP contribution is -2.52. The zero-order valence-corrected chi connectivity index (χ0v) is 14.7. The van der Waals surface area contributed by atoms with Gasteiger partial charge in [0.05, 0.1) is 12.2 Å². The molecule has 2 atom stereocenters. The van der Waals surface area contributed by atoms with Gasteiger partial charge in [-0.25, -0.2) is 12.7 Å². The van der Waals surface area contributed by atoms with Gasteiger partial charge in [-0.15, -0.1) is 0 Å². The standard InChI is InChI=1S/C14H22F3N3O4S/c1-25(23,24)19-6-2-4-10(8-19)13(22)20-7-3-5-11(20)12(21)18-9-14(15,16)17/h10-11H,2-9H2,1H3,(H,18,21). The largest absolute Gasteiger partial charge is 0.405 e. The van der Waals surface area contributed by atoms with Crippen molar-refractivity contribution < 1.29 is 31.2 Å². The van der Waals surface area contributed by atoms with Crippen molar-refractivity contribution in [1.29, 1.82) is 0 Å². The molecule has 2 aliphatic rings. The summed E-state index contributed by atoms with van der Waals surface area (Å²) in [7, 11) is -3.41. The monoisotopic (exact) mass is 385 g/mol. The van der Waals surface area contributed by atoms with E-state index in [2.05, 4.69) is 0 Å². The summed E-state index contributed by atoms with van der Waals surface area (Å²) in [6.45, 7) is -0.753. The molecule has 0 aromatic heterocycles. The second-order valence-corrected chi connectivity index (χ2v) is 8.47.